The molecular weight excluding hydrogens is 354 g/mol. The Morgan fingerprint density at radius 2 is 1.78 bits per heavy atom. The quantitative estimate of drug-likeness (QED) is 0.505. The van der Waals surface area contributed by atoms with Gasteiger partial charge in [0.25, 0.3) is 0 Å². The number of carbonyl (C=O) groups is 2. The maximum atomic E-state index is 13.5. The number of benzene rings is 1. The largest absolute Gasteiger partial charge is 0.325 e. The van der Waals surface area contributed by atoms with E-state index in [1.807, 2.05) is 38.1 Å². The zero-order valence-electron chi connectivity index (χ0n) is 17.3. The Morgan fingerprint density at radius 1 is 1.11 bits per heavy atom. The maximum Gasteiger partial charge on any atom is 0.230 e. The normalized spacial score (nSPS) is 17.5. The smallest absolute Gasteiger partial charge is 0.230 e. The Balaban J connectivity index is 2.26. The Kier molecular flexibility index (Phi) is 8.40. The molecule has 0 aromatic heterocycles. The van der Waals surface area contributed by atoms with Gasteiger partial charge in [-0.3, -0.25) is 9.59 Å². The van der Waals surface area contributed by atoms with Crippen LogP contribution < -0.4 is 5.32 Å². The first-order valence-corrected chi connectivity index (χ1v) is 11.4. The molecule has 1 N–H and O–H groups in total. The predicted octanol–water partition coefficient (Wildman–Crippen LogP) is 6.68. The Hall–Kier alpha value is -1.29. The number of rotatable bonds is 8. The van der Waals surface area contributed by atoms with Gasteiger partial charge in [-0.15, -0.1) is 0 Å². The van der Waals surface area contributed by atoms with Gasteiger partial charge in [-0.25, -0.2) is 0 Å². The highest BCUT2D eigenvalue weighted by Crippen LogP contribution is 2.47. The van der Waals surface area contributed by atoms with Crippen molar-refractivity contribution >= 4 is 28.5 Å². The highest BCUT2D eigenvalue weighted by molar-refractivity contribution is 8.13. The number of thioether (sulfide) groups is 1. The molecule has 1 aliphatic carbocycles. The molecule has 4 heteroatoms. The van der Waals surface area contributed by atoms with Crippen molar-refractivity contribution in [2.24, 2.45) is 17.3 Å². The van der Waals surface area contributed by atoms with Crippen LogP contribution in [0.2, 0.25) is 0 Å². The van der Waals surface area contributed by atoms with E-state index in [-0.39, 0.29) is 22.4 Å². The first-order valence-electron chi connectivity index (χ1n) is 10.6. The first-order chi connectivity index (χ1) is 12.9. The second-order valence-electron chi connectivity index (χ2n) is 8.14. The molecule has 0 aliphatic heterocycles. The summed E-state index contributed by atoms with van der Waals surface area (Å²) in [7, 11) is 0. The van der Waals surface area contributed by atoms with Crippen molar-refractivity contribution in [3.05, 3.63) is 24.3 Å². The summed E-state index contributed by atoms with van der Waals surface area (Å²) in [6.07, 6.45) is 8.73. The SMILES string of the molecule is CCCC(CC)C1(C(=O)Nc2ccccc2SC(=O)C(C)C)CCCCC1. The molecule has 1 aromatic rings. The van der Waals surface area contributed by atoms with E-state index < -0.39 is 0 Å². The molecule has 1 atom stereocenters. The van der Waals surface area contributed by atoms with E-state index in [2.05, 4.69) is 19.2 Å². The highest BCUT2D eigenvalue weighted by atomic mass is 32.2. The highest BCUT2D eigenvalue weighted by Gasteiger charge is 2.44. The number of carbonyl (C=O) groups excluding carboxylic acids is 2. The molecule has 2 rings (SSSR count). The van der Waals surface area contributed by atoms with Gasteiger partial charge in [-0.1, -0.05) is 71.9 Å². The second kappa shape index (κ2) is 10.3. The Morgan fingerprint density at radius 3 is 2.37 bits per heavy atom. The van der Waals surface area contributed by atoms with Crippen molar-refractivity contribution < 1.29 is 9.59 Å². The lowest BCUT2D eigenvalue weighted by molar-refractivity contribution is -0.131. The molecular formula is C23H35NO2S. The van der Waals surface area contributed by atoms with Crippen molar-refractivity contribution in [1.29, 1.82) is 0 Å². The average molecular weight is 390 g/mol. The summed E-state index contributed by atoms with van der Waals surface area (Å²) in [5.74, 6) is 0.560. The monoisotopic (exact) mass is 389 g/mol. The molecule has 1 unspecified atom stereocenters. The van der Waals surface area contributed by atoms with Crippen molar-refractivity contribution in [2.75, 3.05) is 5.32 Å². The van der Waals surface area contributed by atoms with E-state index in [0.717, 1.165) is 55.5 Å². The predicted molar refractivity (Wildman–Crippen MR) is 115 cm³/mol. The van der Waals surface area contributed by atoms with Gasteiger partial charge < -0.3 is 5.32 Å². The van der Waals surface area contributed by atoms with E-state index in [9.17, 15) is 9.59 Å². The van der Waals surface area contributed by atoms with Gasteiger partial charge in [-0.05, 0) is 49.1 Å². The summed E-state index contributed by atoms with van der Waals surface area (Å²) in [6, 6.07) is 7.70. The summed E-state index contributed by atoms with van der Waals surface area (Å²) < 4.78 is 0. The minimum atomic E-state index is -0.261. The lowest BCUT2D eigenvalue weighted by atomic mass is 9.63. The average Bonchev–Trinajstić information content (AvgIpc) is 2.67. The fourth-order valence-corrected chi connectivity index (χ4v) is 5.18. The van der Waals surface area contributed by atoms with Crippen LogP contribution in [0.15, 0.2) is 29.2 Å². The van der Waals surface area contributed by atoms with Crippen LogP contribution in [0.3, 0.4) is 0 Å². The van der Waals surface area contributed by atoms with Crippen molar-refractivity contribution in [3.8, 4) is 0 Å². The first kappa shape index (κ1) is 22.0. The third-order valence-electron chi connectivity index (χ3n) is 5.93. The molecule has 0 spiro atoms. The fraction of sp³-hybridized carbons (Fsp3) is 0.652. The van der Waals surface area contributed by atoms with Crippen LogP contribution in [0, 0.1) is 17.3 Å². The summed E-state index contributed by atoms with van der Waals surface area (Å²) in [6.45, 7) is 8.24. The minimum absolute atomic E-state index is 0.0301. The van der Waals surface area contributed by atoms with Crippen molar-refractivity contribution in [2.45, 2.75) is 84.0 Å². The fourth-order valence-electron chi connectivity index (χ4n) is 4.35. The zero-order valence-corrected chi connectivity index (χ0v) is 18.2. The molecule has 150 valence electrons. The molecule has 0 radical (unpaired) electrons. The lowest BCUT2D eigenvalue weighted by Crippen LogP contribution is -2.44. The molecule has 1 saturated carbocycles. The molecule has 1 aromatic carbocycles. The molecule has 3 nitrogen and oxygen atoms in total. The van der Waals surface area contributed by atoms with Gasteiger partial charge in [0, 0.05) is 10.8 Å². The number of nitrogens with one attached hydrogen (secondary N) is 1. The standard InChI is InChI=1S/C23H35NO2S/c1-5-12-18(6-2)23(15-10-7-11-16-23)22(26)24-19-13-8-9-14-20(19)27-21(25)17(3)4/h8-9,13-14,17-18H,5-7,10-12,15-16H2,1-4H3,(H,24,26). The minimum Gasteiger partial charge on any atom is -0.325 e. The number of anilines is 1. The number of hydrogen-bond donors (Lipinski definition) is 1. The summed E-state index contributed by atoms with van der Waals surface area (Å²) in [5.41, 5.74) is 0.515. The van der Waals surface area contributed by atoms with Gasteiger partial charge in [0.1, 0.15) is 0 Å². The van der Waals surface area contributed by atoms with Crippen LogP contribution in [0.1, 0.15) is 79.1 Å². The van der Waals surface area contributed by atoms with Gasteiger partial charge in [0.05, 0.1) is 11.1 Å². The summed E-state index contributed by atoms with van der Waals surface area (Å²) >= 11 is 1.24. The van der Waals surface area contributed by atoms with Gasteiger partial charge >= 0.3 is 0 Å². The molecule has 0 heterocycles. The number of para-hydroxylation sites is 1. The van der Waals surface area contributed by atoms with Crippen molar-refractivity contribution in [3.63, 3.8) is 0 Å². The zero-order chi connectivity index (χ0) is 19.9. The Labute approximate surface area is 169 Å². The van der Waals surface area contributed by atoms with E-state index in [4.69, 9.17) is 0 Å². The van der Waals surface area contributed by atoms with E-state index in [1.54, 1.807) is 0 Å². The molecule has 0 saturated heterocycles. The third-order valence-corrected chi connectivity index (χ3v) is 7.18. The van der Waals surface area contributed by atoms with Crippen LogP contribution in [0.5, 0.6) is 0 Å². The van der Waals surface area contributed by atoms with Crippen LogP contribution >= 0.6 is 11.8 Å². The van der Waals surface area contributed by atoms with Crippen LogP contribution in [0.25, 0.3) is 0 Å². The number of hydrogen-bond acceptors (Lipinski definition) is 3. The second-order valence-corrected chi connectivity index (χ2v) is 9.18. The van der Waals surface area contributed by atoms with Gasteiger partial charge in [0.15, 0.2) is 5.12 Å². The van der Waals surface area contributed by atoms with Crippen molar-refractivity contribution in [1.82, 2.24) is 0 Å². The van der Waals surface area contributed by atoms with E-state index in [0.29, 0.717) is 5.92 Å². The van der Waals surface area contributed by atoms with Crippen LogP contribution in [0.4, 0.5) is 5.69 Å². The maximum absolute atomic E-state index is 13.5. The molecule has 0 bridgehead atoms. The van der Waals surface area contributed by atoms with Crippen LogP contribution in [-0.4, -0.2) is 11.0 Å². The number of amides is 1. The molecule has 1 aliphatic rings. The van der Waals surface area contributed by atoms with Gasteiger partial charge in [-0.2, -0.15) is 0 Å². The van der Waals surface area contributed by atoms with E-state index >= 15 is 0 Å². The summed E-state index contributed by atoms with van der Waals surface area (Å²) in [4.78, 5) is 26.6. The topological polar surface area (TPSA) is 46.2 Å². The molecule has 1 fully saturated rings. The third kappa shape index (κ3) is 5.37. The summed E-state index contributed by atoms with van der Waals surface area (Å²) in [5, 5.41) is 3.35. The van der Waals surface area contributed by atoms with E-state index in [1.165, 1.54) is 18.2 Å². The van der Waals surface area contributed by atoms with Gasteiger partial charge in [0.2, 0.25) is 5.91 Å². The lowest BCUT2D eigenvalue weighted by Gasteiger charge is -2.42. The molecule has 1 amide bonds. The van der Waals surface area contributed by atoms with Crippen LogP contribution in [-0.2, 0) is 9.59 Å². The molecule has 27 heavy (non-hydrogen) atoms. The Bertz CT molecular complexity index is 635.